The lowest BCUT2D eigenvalue weighted by Crippen LogP contribution is -2.37. The number of aryl methyl sites for hydroxylation is 1. The largest absolute Gasteiger partial charge is 0.495 e. The summed E-state index contributed by atoms with van der Waals surface area (Å²) in [5, 5.41) is 0. The van der Waals surface area contributed by atoms with E-state index in [4.69, 9.17) is 4.74 Å². The lowest BCUT2D eigenvalue weighted by atomic mass is 10.1. The van der Waals surface area contributed by atoms with Crippen LogP contribution in [0.3, 0.4) is 0 Å². The quantitative estimate of drug-likeness (QED) is 0.667. The van der Waals surface area contributed by atoms with Crippen LogP contribution in [-0.4, -0.2) is 70.5 Å². The first kappa shape index (κ1) is 22.6. The van der Waals surface area contributed by atoms with E-state index in [9.17, 15) is 13.2 Å². The minimum absolute atomic E-state index is 0.0927. The molecule has 0 N–H and O–H groups in total. The molecule has 0 aliphatic carbocycles. The number of sulfonamides is 1. The number of amides is 1. The summed E-state index contributed by atoms with van der Waals surface area (Å²) in [6.45, 7) is 5.47. The Bertz CT molecular complexity index is 1100. The molecule has 32 heavy (non-hydrogen) atoms. The van der Waals surface area contributed by atoms with Crippen LogP contribution < -0.4 is 9.04 Å². The van der Waals surface area contributed by atoms with Crippen molar-refractivity contribution in [3.05, 3.63) is 53.6 Å². The van der Waals surface area contributed by atoms with Crippen LogP contribution in [0.25, 0.3) is 0 Å². The molecule has 0 radical (unpaired) electrons. The molecule has 2 aliphatic heterocycles. The number of methoxy groups -OCH3 is 1. The zero-order valence-corrected chi connectivity index (χ0v) is 19.8. The van der Waals surface area contributed by atoms with Gasteiger partial charge >= 0.3 is 0 Å². The zero-order chi connectivity index (χ0) is 22.9. The maximum absolute atomic E-state index is 13.4. The van der Waals surface area contributed by atoms with Crippen molar-refractivity contribution in [2.75, 3.05) is 44.6 Å². The Kier molecular flexibility index (Phi) is 6.44. The van der Waals surface area contributed by atoms with Crippen molar-refractivity contribution in [3.63, 3.8) is 0 Å². The third-order valence-corrected chi connectivity index (χ3v) is 8.40. The third kappa shape index (κ3) is 4.21. The lowest BCUT2D eigenvalue weighted by Gasteiger charge is -2.24. The maximum Gasteiger partial charge on any atom is 0.264 e. The van der Waals surface area contributed by atoms with Gasteiger partial charge in [-0.25, -0.2) is 8.42 Å². The normalized spacial score (nSPS) is 19.3. The molecule has 0 spiro atoms. The number of rotatable bonds is 6. The summed E-state index contributed by atoms with van der Waals surface area (Å²) in [5.41, 5.74) is 1.66. The molecular formula is C24H31N3O4S. The second-order valence-electron chi connectivity index (χ2n) is 8.56. The fraction of sp³-hybridized carbons (Fsp3) is 0.458. The van der Waals surface area contributed by atoms with Gasteiger partial charge in [0.25, 0.3) is 15.9 Å². The molecule has 7 nitrogen and oxygen atoms in total. The van der Waals surface area contributed by atoms with Crippen LogP contribution in [0.5, 0.6) is 5.75 Å². The molecule has 0 bridgehead atoms. The van der Waals surface area contributed by atoms with Gasteiger partial charge in [-0.3, -0.25) is 14.0 Å². The molecule has 2 heterocycles. The highest BCUT2D eigenvalue weighted by Crippen LogP contribution is 2.32. The highest BCUT2D eigenvalue weighted by atomic mass is 32.2. The van der Waals surface area contributed by atoms with E-state index in [0.717, 1.165) is 25.1 Å². The van der Waals surface area contributed by atoms with Gasteiger partial charge in [-0.05, 0) is 69.1 Å². The van der Waals surface area contributed by atoms with Crippen molar-refractivity contribution in [2.45, 2.75) is 37.1 Å². The van der Waals surface area contributed by atoms with Crippen LogP contribution in [0.4, 0.5) is 5.69 Å². The van der Waals surface area contributed by atoms with Crippen LogP contribution in [0.15, 0.2) is 47.4 Å². The Balaban J connectivity index is 1.59. The highest BCUT2D eigenvalue weighted by molar-refractivity contribution is 7.92. The zero-order valence-electron chi connectivity index (χ0n) is 19.0. The summed E-state index contributed by atoms with van der Waals surface area (Å²) in [4.78, 5) is 17.8. The van der Waals surface area contributed by atoms with E-state index < -0.39 is 10.0 Å². The summed E-state index contributed by atoms with van der Waals surface area (Å²) in [7, 11) is -0.867. The second kappa shape index (κ2) is 9.11. The van der Waals surface area contributed by atoms with Crippen molar-refractivity contribution >= 4 is 21.6 Å². The van der Waals surface area contributed by atoms with Crippen LogP contribution in [0.1, 0.15) is 35.2 Å². The number of carbonyl (C=O) groups excluding carboxylic acids is 1. The molecule has 4 rings (SSSR count). The first-order valence-electron chi connectivity index (χ1n) is 11.1. The monoisotopic (exact) mass is 457 g/mol. The van der Waals surface area contributed by atoms with Crippen LogP contribution in [0.2, 0.25) is 0 Å². The second-order valence-corrected chi connectivity index (χ2v) is 10.5. The molecule has 1 amide bonds. The topological polar surface area (TPSA) is 70.2 Å². The number of ether oxygens (including phenoxy) is 1. The van der Waals surface area contributed by atoms with Crippen LogP contribution in [-0.2, 0) is 10.0 Å². The van der Waals surface area contributed by atoms with E-state index in [-0.39, 0.29) is 10.8 Å². The molecule has 2 saturated heterocycles. The van der Waals surface area contributed by atoms with E-state index in [2.05, 4.69) is 4.90 Å². The molecular weight excluding hydrogens is 426 g/mol. The number of nitrogens with zero attached hydrogens (tertiary/aromatic N) is 3. The number of carbonyl (C=O) groups is 1. The SMILES string of the molecule is COc1ccccc1N(C)S(=O)(=O)c1ccc(C)c(C(=O)N2CC[C@H](N3CCCC3)C2)c1. The smallest absolute Gasteiger partial charge is 0.264 e. The molecule has 2 aromatic rings. The summed E-state index contributed by atoms with van der Waals surface area (Å²) in [5.74, 6) is 0.369. The van der Waals surface area contributed by atoms with Crippen molar-refractivity contribution in [1.29, 1.82) is 0 Å². The Morgan fingerprint density at radius 1 is 1.09 bits per heavy atom. The van der Waals surface area contributed by atoms with Crippen molar-refractivity contribution < 1.29 is 17.9 Å². The fourth-order valence-corrected chi connectivity index (χ4v) is 5.90. The molecule has 172 valence electrons. The van der Waals surface area contributed by atoms with Gasteiger partial charge in [0, 0.05) is 31.7 Å². The van der Waals surface area contributed by atoms with Gasteiger partial charge in [0.1, 0.15) is 5.75 Å². The third-order valence-electron chi connectivity index (χ3n) is 6.63. The number of likely N-dealkylation sites (tertiary alicyclic amines) is 2. The van der Waals surface area contributed by atoms with Gasteiger partial charge in [-0.15, -0.1) is 0 Å². The van der Waals surface area contributed by atoms with Gasteiger partial charge in [0.15, 0.2) is 0 Å². The average molecular weight is 458 g/mol. The van der Waals surface area contributed by atoms with E-state index in [1.54, 1.807) is 36.4 Å². The summed E-state index contributed by atoms with van der Waals surface area (Å²) in [6.07, 6.45) is 3.42. The van der Waals surface area contributed by atoms with Gasteiger partial charge in [-0.2, -0.15) is 0 Å². The number of anilines is 1. The first-order chi connectivity index (χ1) is 15.3. The van der Waals surface area contributed by atoms with Crippen LogP contribution in [0, 0.1) is 6.92 Å². The summed E-state index contributed by atoms with van der Waals surface area (Å²) in [6, 6.07) is 12.2. The van der Waals surface area contributed by atoms with Crippen molar-refractivity contribution in [1.82, 2.24) is 9.80 Å². The van der Waals surface area contributed by atoms with Gasteiger partial charge < -0.3 is 9.64 Å². The van der Waals surface area contributed by atoms with Gasteiger partial charge in [-0.1, -0.05) is 18.2 Å². The van der Waals surface area contributed by atoms with Crippen molar-refractivity contribution in [2.24, 2.45) is 0 Å². The predicted molar refractivity (Wildman–Crippen MR) is 125 cm³/mol. The number of hydrogen-bond donors (Lipinski definition) is 0. The van der Waals surface area contributed by atoms with Crippen LogP contribution >= 0.6 is 0 Å². The van der Waals surface area contributed by atoms with E-state index in [1.165, 1.54) is 37.4 Å². The molecule has 0 aromatic heterocycles. The Labute approximate surface area is 190 Å². The highest BCUT2D eigenvalue weighted by Gasteiger charge is 2.33. The number of benzene rings is 2. The van der Waals surface area contributed by atoms with Gasteiger partial charge in [0.05, 0.1) is 17.7 Å². The van der Waals surface area contributed by atoms with Gasteiger partial charge in [0.2, 0.25) is 0 Å². The van der Waals surface area contributed by atoms with E-state index in [1.807, 2.05) is 11.8 Å². The Hall–Kier alpha value is -2.58. The lowest BCUT2D eigenvalue weighted by molar-refractivity contribution is 0.0779. The summed E-state index contributed by atoms with van der Waals surface area (Å²) >= 11 is 0. The van der Waals surface area contributed by atoms with E-state index >= 15 is 0 Å². The Morgan fingerprint density at radius 2 is 1.81 bits per heavy atom. The standard InChI is InChI=1S/C24H31N3O4S/c1-18-10-11-20(32(29,30)25(2)22-8-4-5-9-23(22)31-3)16-21(18)24(28)27-15-12-19(17-27)26-13-6-7-14-26/h4-5,8-11,16,19H,6-7,12-15,17H2,1-3H3/t19-/m0/s1. The minimum Gasteiger partial charge on any atom is -0.495 e. The fourth-order valence-electron chi connectivity index (χ4n) is 4.67. The average Bonchev–Trinajstić information content (AvgIpc) is 3.50. The predicted octanol–water partition coefficient (Wildman–Crippen LogP) is 3.14. The first-order valence-corrected chi connectivity index (χ1v) is 12.5. The molecule has 0 saturated carbocycles. The molecule has 1 atom stereocenters. The number of hydrogen-bond acceptors (Lipinski definition) is 5. The molecule has 0 unspecified atom stereocenters. The van der Waals surface area contributed by atoms with E-state index in [0.29, 0.717) is 36.1 Å². The molecule has 2 aliphatic rings. The number of para-hydroxylation sites is 2. The molecule has 8 heteroatoms. The summed E-state index contributed by atoms with van der Waals surface area (Å²) < 4.78 is 33.3. The maximum atomic E-state index is 13.4. The molecule has 2 aromatic carbocycles. The minimum atomic E-state index is -3.87. The Morgan fingerprint density at radius 3 is 2.53 bits per heavy atom. The molecule has 2 fully saturated rings. The van der Waals surface area contributed by atoms with Crippen molar-refractivity contribution in [3.8, 4) is 5.75 Å².